The number of ether oxygens (including phenoxy) is 1. The second-order valence-electron chi connectivity index (χ2n) is 3.51. The van der Waals surface area contributed by atoms with Gasteiger partial charge >= 0.3 is 0 Å². The van der Waals surface area contributed by atoms with Crippen LogP contribution in [0, 0.1) is 10.1 Å². The second kappa shape index (κ2) is 6.34. The van der Waals surface area contributed by atoms with Gasteiger partial charge in [-0.15, -0.1) is 0 Å². The Morgan fingerprint density at radius 3 is 2.78 bits per heavy atom. The highest BCUT2D eigenvalue weighted by atomic mass is 79.9. The molecule has 1 atom stereocenters. The predicted molar refractivity (Wildman–Crippen MR) is 71.3 cm³/mol. The van der Waals surface area contributed by atoms with Gasteiger partial charge in [0, 0.05) is 12.1 Å². The number of nitro benzene ring substituents is 1. The minimum atomic E-state index is -0.527. The molecule has 0 aliphatic heterocycles. The lowest BCUT2D eigenvalue weighted by molar-refractivity contribution is -0.384. The van der Waals surface area contributed by atoms with Gasteiger partial charge in [-0.25, -0.2) is 0 Å². The average molecular weight is 317 g/mol. The van der Waals surface area contributed by atoms with Crippen LogP contribution in [-0.4, -0.2) is 22.8 Å². The van der Waals surface area contributed by atoms with E-state index in [9.17, 15) is 14.9 Å². The molecule has 7 heteroatoms. The van der Waals surface area contributed by atoms with Gasteiger partial charge in [0.1, 0.15) is 5.75 Å². The van der Waals surface area contributed by atoms with E-state index >= 15 is 0 Å². The van der Waals surface area contributed by atoms with Crippen molar-refractivity contribution >= 4 is 33.2 Å². The predicted octanol–water partition coefficient (Wildman–Crippen LogP) is 2.72. The average Bonchev–Trinajstić information content (AvgIpc) is 2.37. The Bertz CT molecular complexity index is 464. The van der Waals surface area contributed by atoms with Gasteiger partial charge in [-0.1, -0.05) is 22.9 Å². The van der Waals surface area contributed by atoms with E-state index in [-0.39, 0.29) is 22.1 Å². The second-order valence-corrected chi connectivity index (χ2v) is 4.61. The van der Waals surface area contributed by atoms with Crippen LogP contribution < -0.4 is 10.1 Å². The third kappa shape index (κ3) is 3.43. The number of carbonyl (C=O) groups is 1. The number of nitro groups is 1. The van der Waals surface area contributed by atoms with Crippen LogP contribution in [0.1, 0.15) is 13.3 Å². The number of nitrogens with one attached hydrogen (secondary N) is 1. The quantitative estimate of drug-likeness (QED) is 0.514. The van der Waals surface area contributed by atoms with Crippen molar-refractivity contribution in [2.45, 2.75) is 18.2 Å². The molecule has 1 aromatic rings. The lowest BCUT2D eigenvalue weighted by atomic mass is 10.2. The first kappa shape index (κ1) is 14.4. The molecule has 6 nitrogen and oxygen atoms in total. The number of nitrogens with zero attached hydrogens (tertiary/aromatic N) is 1. The highest BCUT2D eigenvalue weighted by molar-refractivity contribution is 9.10. The Morgan fingerprint density at radius 2 is 2.28 bits per heavy atom. The van der Waals surface area contributed by atoms with E-state index in [4.69, 9.17) is 4.74 Å². The van der Waals surface area contributed by atoms with Crippen LogP contribution in [0.5, 0.6) is 5.75 Å². The molecule has 0 aliphatic rings. The minimum Gasteiger partial charge on any atom is -0.495 e. The van der Waals surface area contributed by atoms with Gasteiger partial charge in [-0.2, -0.15) is 0 Å². The number of rotatable bonds is 5. The zero-order valence-electron chi connectivity index (χ0n) is 9.97. The molecule has 18 heavy (non-hydrogen) atoms. The van der Waals surface area contributed by atoms with Gasteiger partial charge in [0.15, 0.2) is 0 Å². The summed E-state index contributed by atoms with van der Waals surface area (Å²) in [6.45, 7) is 1.85. The number of anilines is 1. The van der Waals surface area contributed by atoms with Crippen molar-refractivity contribution < 1.29 is 14.5 Å². The molecule has 1 amide bonds. The van der Waals surface area contributed by atoms with E-state index in [1.54, 1.807) is 0 Å². The summed E-state index contributed by atoms with van der Waals surface area (Å²) in [4.78, 5) is 21.5. The largest absolute Gasteiger partial charge is 0.495 e. The first-order chi connectivity index (χ1) is 8.49. The highest BCUT2D eigenvalue weighted by Crippen LogP contribution is 2.29. The molecule has 0 bridgehead atoms. The lowest BCUT2D eigenvalue weighted by Gasteiger charge is -2.12. The van der Waals surface area contributed by atoms with Crippen LogP contribution in [-0.2, 0) is 4.79 Å². The molecule has 0 fully saturated rings. The molecule has 0 saturated carbocycles. The first-order valence-corrected chi connectivity index (χ1v) is 6.18. The van der Waals surface area contributed by atoms with Crippen molar-refractivity contribution in [2.75, 3.05) is 12.4 Å². The van der Waals surface area contributed by atoms with Gasteiger partial charge in [-0.3, -0.25) is 14.9 Å². The molecule has 0 heterocycles. The Labute approximate surface area is 113 Å². The topological polar surface area (TPSA) is 81.5 Å². The smallest absolute Gasteiger partial charge is 0.271 e. The Morgan fingerprint density at radius 1 is 1.61 bits per heavy atom. The monoisotopic (exact) mass is 316 g/mol. The van der Waals surface area contributed by atoms with E-state index in [0.29, 0.717) is 12.2 Å². The fourth-order valence-electron chi connectivity index (χ4n) is 1.30. The maximum absolute atomic E-state index is 11.7. The molecule has 1 rings (SSSR count). The fraction of sp³-hybridized carbons (Fsp3) is 0.364. The molecule has 98 valence electrons. The number of halogens is 1. The van der Waals surface area contributed by atoms with Crippen LogP contribution in [0.15, 0.2) is 18.2 Å². The van der Waals surface area contributed by atoms with Crippen molar-refractivity contribution in [3.05, 3.63) is 28.3 Å². The maximum atomic E-state index is 11.7. The molecule has 1 aromatic carbocycles. The fourth-order valence-corrected chi connectivity index (χ4v) is 1.42. The van der Waals surface area contributed by atoms with Crippen molar-refractivity contribution in [3.63, 3.8) is 0 Å². The summed E-state index contributed by atoms with van der Waals surface area (Å²) in [5.74, 6) is 0.112. The summed E-state index contributed by atoms with van der Waals surface area (Å²) in [7, 11) is 1.43. The Balaban J connectivity index is 3.01. The van der Waals surface area contributed by atoms with Crippen LogP contribution in [0.2, 0.25) is 0 Å². The van der Waals surface area contributed by atoms with Gasteiger partial charge in [0.05, 0.1) is 22.5 Å². The third-order valence-corrected chi connectivity index (χ3v) is 3.36. The third-order valence-electron chi connectivity index (χ3n) is 2.29. The number of non-ortho nitro benzene ring substituents is 1. The van der Waals surface area contributed by atoms with Crippen LogP contribution in [0.25, 0.3) is 0 Å². The summed E-state index contributed by atoms with van der Waals surface area (Å²) in [5.41, 5.74) is 0.184. The summed E-state index contributed by atoms with van der Waals surface area (Å²) >= 11 is 3.21. The summed E-state index contributed by atoms with van der Waals surface area (Å²) < 4.78 is 5.04. The molecule has 1 N–H and O–H groups in total. The minimum absolute atomic E-state index is 0.103. The van der Waals surface area contributed by atoms with Crippen LogP contribution >= 0.6 is 15.9 Å². The van der Waals surface area contributed by atoms with Gasteiger partial charge in [0.2, 0.25) is 5.91 Å². The SMILES string of the molecule is CCC(Br)C(=O)Nc1cc([N+](=O)[O-])ccc1OC. The van der Waals surface area contributed by atoms with Gasteiger partial charge in [-0.05, 0) is 12.5 Å². The number of hydrogen-bond donors (Lipinski definition) is 1. The van der Waals surface area contributed by atoms with Crippen LogP contribution in [0.3, 0.4) is 0 Å². The van der Waals surface area contributed by atoms with Crippen molar-refractivity contribution in [1.29, 1.82) is 0 Å². The molecule has 0 spiro atoms. The Kier molecular flexibility index (Phi) is 5.08. The van der Waals surface area contributed by atoms with E-state index in [1.165, 1.54) is 25.3 Å². The summed E-state index contributed by atoms with van der Waals surface area (Å²) in [6, 6.07) is 4.04. The van der Waals surface area contributed by atoms with E-state index < -0.39 is 4.92 Å². The van der Waals surface area contributed by atoms with Gasteiger partial charge < -0.3 is 10.1 Å². The van der Waals surface area contributed by atoms with Crippen molar-refractivity contribution in [2.24, 2.45) is 0 Å². The molecule has 0 aromatic heterocycles. The van der Waals surface area contributed by atoms with Gasteiger partial charge in [0.25, 0.3) is 5.69 Å². The summed E-state index contributed by atoms with van der Waals surface area (Å²) in [6.07, 6.45) is 0.614. The number of amides is 1. The number of alkyl halides is 1. The molecule has 1 unspecified atom stereocenters. The Hall–Kier alpha value is -1.63. The normalized spacial score (nSPS) is 11.7. The maximum Gasteiger partial charge on any atom is 0.271 e. The van der Waals surface area contributed by atoms with E-state index in [0.717, 1.165) is 0 Å². The first-order valence-electron chi connectivity index (χ1n) is 5.27. The molecule has 0 saturated heterocycles. The standard InChI is InChI=1S/C11H13BrN2O4/c1-3-8(12)11(15)13-9-6-7(14(16)17)4-5-10(9)18-2/h4-6,8H,3H2,1-2H3,(H,13,15). The van der Waals surface area contributed by atoms with E-state index in [2.05, 4.69) is 21.2 Å². The number of methoxy groups -OCH3 is 1. The highest BCUT2D eigenvalue weighted by Gasteiger charge is 2.17. The number of benzene rings is 1. The van der Waals surface area contributed by atoms with Crippen LogP contribution in [0.4, 0.5) is 11.4 Å². The van der Waals surface area contributed by atoms with Crippen molar-refractivity contribution in [1.82, 2.24) is 0 Å². The zero-order valence-corrected chi connectivity index (χ0v) is 11.6. The van der Waals surface area contributed by atoms with Crippen molar-refractivity contribution in [3.8, 4) is 5.75 Å². The molecule has 0 aliphatic carbocycles. The lowest BCUT2D eigenvalue weighted by Crippen LogP contribution is -2.22. The summed E-state index contributed by atoms with van der Waals surface area (Å²) in [5, 5.41) is 13.3. The molecular formula is C11H13BrN2O4. The molecule has 0 radical (unpaired) electrons. The number of hydrogen-bond acceptors (Lipinski definition) is 4. The van der Waals surface area contributed by atoms with E-state index in [1.807, 2.05) is 6.92 Å². The number of carbonyl (C=O) groups excluding carboxylic acids is 1. The zero-order chi connectivity index (χ0) is 13.7. The molecular weight excluding hydrogens is 304 g/mol.